The molecule has 262 valence electrons. The molecule has 2 atom stereocenters. The van der Waals surface area contributed by atoms with E-state index >= 15 is 0 Å². The van der Waals surface area contributed by atoms with Crippen LogP contribution in [-0.2, 0) is 5.41 Å². The molecule has 0 radical (unpaired) electrons. The van der Waals surface area contributed by atoms with Crippen molar-refractivity contribution in [2.45, 2.75) is 18.8 Å². The van der Waals surface area contributed by atoms with Gasteiger partial charge in [0.15, 0.2) is 0 Å². The first-order valence-electron chi connectivity index (χ1n) is 19.7. The van der Waals surface area contributed by atoms with Gasteiger partial charge in [-0.2, -0.15) is 0 Å². The van der Waals surface area contributed by atoms with Crippen molar-refractivity contribution in [3.8, 4) is 11.1 Å². The third-order valence-corrected chi connectivity index (χ3v) is 13.0. The van der Waals surface area contributed by atoms with Crippen LogP contribution in [0.1, 0.15) is 23.1 Å². The lowest BCUT2D eigenvalue weighted by Gasteiger charge is -2.24. The Morgan fingerprint density at radius 3 is 1.89 bits per heavy atom. The maximum absolute atomic E-state index is 5.47. The van der Waals surface area contributed by atoms with Crippen molar-refractivity contribution in [2.75, 3.05) is 0 Å². The highest BCUT2D eigenvalue weighted by atomic mass is 14.8. The highest BCUT2D eigenvalue weighted by Gasteiger charge is 2.57. The summed E-state index contributed by atoms with van der Waals surface area (Å²) >= 11 is 0. The molecule has 0 spiro atoms. The van der Waals surface area contributed by atoms with Gasteiger partial charge in [-0.25, -0.2) is 4.99 Å². The molecule has 2 aliphatic carbocycles. The van der Waals surface area contributed by atoms with Crippen LogP contribution in [0.2, 0.25) is 0 Å². The van der Waals surface area contributed by atoms with Gasteiger partial charge in [0.05, 0.1) is 11.4 Å². The van der Waals surface area contributed by atoms with Crippen molar-refractivity contribution in [1.82, 2.24) is 0 Å². The minimum absolute atomic E-state index is 0.0767. The second-order valence-corrected chi connectivity index (χ2v) is 16.0. The Morgan fingerprint density at radius 1 is 0.589 bits per heavy atom. The van der Waals surface area contributed by atoms with E-state index in [0.717, 1.165) is 34.5 Å². The smallest absolute Gasteiger partial charge is 0.0778 e. The Labute approximate surface area is 325 Å². The highest BCUT2D eigenvalue weighted by molar-refractivity contribution is 6.26. The molecule has 1 fully saturated rings. The molecule has 10 aromatic rings. The monoisotopic (exact) mass is 711 g/mol. The fourth-order valence-electron chi connectivity index (χ4n) is 10.2. The number of benzene rings is 10. The zero-order chi connectivity index (χ0) is 37.1. The Hall–Kier alpha value is -6.83. The van der Waals surface area contributed by atoms with Gasteiger partial charge < -0.3 is 0 Å². The largest absolute Gasteiger partial charge is 0.248 e. The average molecular weight is 712 g/mol. The zero-order valence-corrected chi connectivity index (χ0v) is 31.2. The third kappa shape index (κ3) is 4.46. The van der Waals surface area contributed by atoms with Crippen LogP contribution in [0.25, 0.3) is 75.8 Å². The summed E-state index contributed by atoms with van der Waals surface area (Å²) < 4.78 is 0. The Morgan fingerprint density at radius 2 is 1.18 bits per heavy atom. The molecule has 1 saturated carbocycles. The first-order chi connectivity index (χ1) is 27.6. The van der Waals surface area contributed by atoms with Crippen LogP contribution >= 0.6 is 0 Å². The van der Waals surface area contributed by atoms with Gasteiger partial charge in [0.25, 0.3) is 0 Å². The molecule has 1 nitrogen and oxygen atoms in total. The first-order valence-corrected chi connectivity index (χ1v) is 19.7. The fourth-order valence-corrected chi connectivity index (χ4v) is 10.2. The molecule has 0 aromatic heterocycles. The summed E-state index contributed by atoms with van der Waals surface area (Å²) in [5.74, 6) is 0.321. The highest BCUT2D eigenvalue weighted by Crippen LogP contribution is 2.63. The summed E-state index contributed by atoms with van der Waals surface area (Å²) in [5.41, 5.74) is 10.1. The van der Waals surface area contributed by atoms with Gasteiger partial charge in [0.1, 0.15) is 0 Å². The van der Waals surface area contributed by atoms with E-state index in [1.165, 1.54) is 86.9 Å². The van der Waals surface area contributed by atoms with Gasteiger partial charge in [0, 0.05) is 11.0 Å². The minimum Gasteiger partial charge on any atom is -0.248 e. The molecule has 0 N–H and O–H groups in total. The van der Waals surface area contributed by atoms with E-state index in [1.807, 2.05) is 0 Å². The Balaban J connectivity index is 0.980. The van der Waals surface area contributed by atoms with Crippen LogP contribution in [0.3, 0.4) is 0 Å². The lowest BCUT2D eigenvalue weighted by molar-refractivity contribution is 0.802. The summed E-state index contributed by atoms with van der Waals surface area (Å²) in [6.07, 6.45) is 8.08. The maximum Gasteiger partial charge on any atom is 0.0778 e. The van der Waals surface area contributed by atoms with Gasteiger partial charge in [-0.3, -0.25) is 0 Å². The van der Waals surface area contributed by atoms with E-state index in [2.05, 4.69) is 183 Å². The quantitative estimate of drug-likeness (QED) is 0.120. The lowest BCUT2D eigenvalue weighted by Crippen LogP contribution is -2.15. The first kappa shape index (κ1) is 31.5. The standard InChI is InChI=1S/C55H37N/c1-33-9-3-4-17-49(33)56-54(42-15-7-14-41(31-42)44-26-22-39-20-18-35-10-5-12-37-23-27-45(44)52(39)50(35)37)34(2)43-16-8-30-55(32-48(43)55)47-29-25-40-21-19-36-11-6-13-38-24-28-46(47)53(40)51(36)38/h3-31,48H,2,32H2,1H3. The van der Waals surface area contributed by atoms with Crippen LogP contribution in [0.15, 0.2) is 199 Å². The van der Waals surface area contributed by atoms with E-state index in [9.17, 15) is 0 Å². The van der Waals surface area contributed by atoms with Crippen LogP contribution < -0.4 is 0 Å². The topological polar surface area (TPSA) is 12.4 Å². The van der Waals surface area contributed by atoms with E-state index < -0.39 is 0 Å². The molecule has 12 rings (SSSR count). The predicted molar refractivity (Wildman–Crippen MR) is 239 cm³/mol. The molecule has 56 heavy (non-hydrogen) atoms. The summed E-state index contributed by atoms with van der Waals surface area (Å²) in [5, 5.41) is 15.8. The summed E-state index contributed by atoms with van der Waals surface area (Å²) in [4.78, 5) is 5.47. The summed E-state index contributed by atoms with van der Waals surface area (Å²) in [6, 6.07) is 58.2. The molecule has 2 unspecified atom stereocenters. The van der Waals surface area contributed by atoms with Crippen LogP contribution in [0.4, 0.5) is 5.69 Å². The number of aryl methyl sites for hydroxylation is 1. The third-order valence-electron chi connectivity index (χ3n) is 13.0. The lowest BCUT2D eigenvalue weighted by atomic mass is 9.80. The number of hydrogen-bond donors (Lipinski definition) is 0. The molecular weight excluding hydrogens is 675 g/mol. The van der Waals surface area contributed by atoms with Crippen LogP contribution in [-0.4, -0.2) is 5.71 Å². The summed E-state index contributed by atoms with van der Waals surface area (Å²) in [7, 11) is 0. The fraction of sp³-hybridized carbons (Fsp3) is 0.0727. The maximum atomic E-state index is 5.47. The van der Waals surface area contributed by atoms with E-state index in [4.69, 9.17) is 11.6 Å². The van der Waals surface area contributed by atoms with E-state index in [0.29, 0.717) is 5.92 Å². The van der Waals surface area contributed by atoms with E-state index in [1.54, 1.807) is 0 Å². The van der Waals surface area contributed by atoms with Crippen LogP contribution in [0, 0.1) is 12.8 Å². The number of para-hydroxylation sites is 1. The minimum atomic E-state index is -0.0767. The second kappa shape index (κ2) is 11.6. The molecular formula is C55H37N. The molecule has 0 amide bonds. The molecule has 2 aliphatic rings. The van der Waals surface area contributed by atoms with Gasteiger partial charge in [-0.15, -0.1) is 0 Å². The van der Waals surface area contributed by atoms with Crippen molar-refractivity contribution in [3.63, 3.8) is 0 Å². The average Bonchev–Trinajstić information content (AvgIpc) is 4.00. The molecule has 10 aromatic carbocycles. The zero-order valence-electron chi connectivity index (χ0n) is 31.2. The number of nitrogens with zero attached hydrogens (tertiary/aromatic N) is 1. The summed E-state index contributed by atoms with van der Waals surface area (Å²) in [6.45, 7) is 7.03. The molecule has 0 saturated heterocycles. The number of fused-ring (bicyclic) bond motifs is 1. The molecule has 1 heteroatoms. The van der Waals surface area contributed by atoms with Gasteiger partial charge in [-0.05, 0) is 129 Å². The van der Waals surface area contributed by atoms with Gasteiger partial charge in [0.2, 0.25) is 0 Å². The van der Waals surface area contributed by atoms with Crippen molar-refractivity contribution in [2.24, 2.45) is 10.9 Å². The second-order valence-electron chi connectivity index (χ2n) is 16.0. The molecule has 0 heterocycles. The van der Waals surface area contributed by atoms with Crippen molar-refractivity contribution in [3.05, 3.63) is 210 Å². The predicted octanol–water partition coefficient (Wildman–Crippen LogP) is 14.6. The molecule has 0 aliphatic heterocycles. The number of hydrogen-bond acceptors (Lipinski definition) is 1. The van der Waals surface area contributed by atoms with E-state index in [-0.39, 0.29) is 5.41 Å². The van der Waals surface area contributed by atoms with Crippen molar-refractivity contribution in [1.29, 1.82) is 0 Å². The Kier molecular flexibility index (Phi) is 6.52. The van der Waals surface area contributed by atoms with Gasteiger partial charge in [-0.1, -0.05) is 170 Å². The van der Waals surface area contributed by atoms with Crippen LogP contribution in [0.5, 0.6) is 0 Å². The number of allylic oxidation sites excluding steroid dienone is 5. The number of aliphatic imine (C=N–C) groups is 1. The van der Waals surface area contributed by atoms with Crippen molar-refractivity contribution < 1.29 is 0 Å². The molecule has 0 bridgehead atoms. The number of rotatable bonds is 6. The normalized spacial score (nSPS) is 18.1. The van der Waals surface area contributed by atoms with Crippen molar-refractivity contribution >= 4 is 76.0 Å². The van der Waals surface area contributed by atoms with Gasteiger partial charge >= 0.3 is 0 Å². The Bertz CT molecular complexity index is 3340. The SMILES string of the molecule is C=C(C1=CC=CC2(c3ccc4ccc5cccc6ccc3c4c56)CC12)C(=Nc1ccccc1C)c1cccc(-c2ccc3ccc4cccc5ccc2c3c45)c1.